The molecule has 1 rings (SSSR count). The van der Waals surface area contributed by atoms with Crippen molar-refractivity contribution in [3.63, 3.8) is 0 Å². The molecule has 1 unspecified atom stereocenters. The second-order valence-electron chi connectivity index (χ2n) is 4.33. The van der Waals surface area contributed by atoms with Gasteiger partial charge in [-0.15, -0.1) is 0 Å². The van der Waals surface area contributed by atoms with Gasteiger partial charge in [0, 0.05) is 0 Å². The van der Waals surface area contributed by atoms with E-state index in [0.29, 0.717) is 10.4 Å². The molecule has 2 heteroatoms. The molecule has 0 amide bonds. The van der Waals surface area contributed by atoms with E-state index in [1.54, 1.807) is 0 Å². The van der Waals surface area contributed by atoms with Gasteiger partial charge in [0.1, 0.15) is 4.49 Å². The van der Waals surface area contributed by atoms with Crippen LogP contribution < -0.4 is 0 Å². The van der Waals surface area contributed by atoms with Crippen LogP contribution in [0, 0.1) is 5.92 Å². The molecule has 0 N–H and O–H groups in total. The summed E-state index contributed by atoms with van der Waals surface area (Å²) in [5.41, 5.74) is 1.33. The van der Waals surface area contributed by atoms with Crippen LogP contribution in [-0.4, -0.2) is 0 Å². The predicted molar refractivity (Wildman–Crippen MR) is 68.4 cm³/mol. The van der Waals surface area contributed by atoms with Gasteiger partial charge >= 0.3 is 0 Å². The highest BCUT2D eigenvalue weighted by atomic mass is 35.5. The average molecular weight is 243 g/mol. The van der Waals surface area contributed by atoms with Crippen LogP contribution in [0.1, 0.15) is 26.3 Å². The Morgan fingerprint density at radius 1 is 1.20 bits per heavy atom. The van der Waals surface area contributed by atoms with E-state index in [9.17, 15) is 0 Å². The average Bonchev–Trinajstić information content (AvgIpc) is 2.18. The van der Waals surface area contributed by atoms with Crippen LogP contribution in [0.15, 0.2) is 40.9 Å². The van der Waals surface area contributed by atoms with Crippen LogP contribution in [-0.2, 0) is 5.41 Å². The fraction of sp³-hybridized carbons (Fsp3) is 0.385. The maximum Gasteiger partial charge on any atom is 0.103 e. The standard InChI is InChI=1S/C13H16Cl2/c1-10(9-12(14)15)13(2,3)11-7-5-4-6-8-11/h4-10H,1-3H3. The van der Waals surface area contributed by atoms with Crippen molar-refractivity contribution in [2.75, 3.05) is 0 Å². The number of allylic oxidation sites excluding steroid dienone is 1. The third kappa shape index (κ3) is 3.25. The van der Waals surface area contributed by atoms with Crippen LogP contribution >= 0.6 is 23.2 Å². The maximum atomic E-state index is 5.69. The fourth-order valence-electron chi connectivity index (χ4n) is 1.53. The Morgan fingerprint density at radius 3 is 2.20 bits per heavy atom. The van der Waals surface area contributed by atoms with E-state index in [2.05, 4.69) is 45.0 Å². The maximum absolute atomic E-state index is 5.69. The lowest BCUT2D eigenvalue weighted by Gasteiger charge is -2.30. The molecule has 0 aromatic heterocycles. The number of hydrogen-bond acceptors (Lipinski definition) is 0. The van der Waals surface area contributed by atoms with E-state index < -0.39 is 0 Å². The third-order valence-electron chi connectivity index (χ3n) is 3.03. The zero-order chi connectivity index (χ0) is 11.5. The Bertz CT molecular complexity index is 335. The summed E-state index contributed by atoms with van der Waals surface area (Å²) in [4.78, 5) is 0. The third-order valence-corrected chi connectivity index (χ3v) is 3.28. The molecule has 0 heterocycles. The van der Waals surface area contributed by atoms with Gasteiger partial charge in [-0.1, -0.05) is 80.4 Å². The first-order valence-corrected chi connectivity index (χ1v) is 5.78. The van der Waals surface area contributed by atoms with Gasteiger partial charge in [0.05, 0.1) is 0 Å². The van der Waals surface area contributed by atoms with E-state index >= 15 is 0 Å². The zero-order valence-electron chi connectivity index (χ0n) is 9.30. The van der Waals surface area contributed by atoms with Gasteiger partial charge in [0.15, 0.2) is 0 Å². The summed E-state index contributed by atoms with van der Waals surface area (Å²) in [6.45, 7) is 6.51. The normalized spacial score (nSPS) is 13.4. The minimum Gasteiger partial charge on any atom is -0.0712 e. The second kappa shape index (κ2) is 5.05. The molecule has 1 atom stereocenters. The van der Waals surface area contributed by atoms with Gasteiger partial charge in [-0.05, 0) is 16.9 Å². The van der Waals surface area contributed by atoms with Gasteiger partial charge in [-0.2, -0.15) is 0 Å². The first-order chi connectivity index (χ1) is 6.94. The zero-order valence-corrected chi connectivity index (χ0v) is 10.8. The van der Waals surface area contributed by atoms with Crippen LogP contribution in [0.2, 0.25) is 0 Å². The first kappa shape index (κ1) is 12.6. The van der Waals surface area contributed by atoms with Crippen molar-refractivity contribution < 1.29 is 0 Å². The monoisotopic (exact) mass is 242 g/mol. The summed E-state index contributed by atoms with van der Waals surface area (Å²) in [6.07, 6.45) is 1.89. The fourth-order valence-corrected chi connectivity index (χ4v) is 1.91. The summed E-state index contributed by atoms with van der Waals surface area (Å²) in [6, 6.07) is 10.4. The quantitative estimate of drug-likeness (QED) is 0.706. The molecule has 0 aliphatic rings. The molecular formula is C13H16Cl2. The molecule has 0 fully saturated rings. The highest BCUT2D eigenvalue weighted by Gasteiger charge is 2.26. The minimum absolute atomic E-state index is 0.0380. The summed E-state index contributed by atoms with van der Waals surface area (Å²) in [5.74, 6) is 0.296. The van der Waals surface area contributed by atoms with Crippen molar-refractivity contribution in [2.24, 2.45) is 5.92 Å². The summed E-state index contributed by atoms with van der Waals surface area (Å²) >= 11 is 11.4. The molecule has 0 radical (unpaired) electrons. The summed E-state index contributed by atoms with van der Waals surface area (Å²) in [7, 11) is 0. The van der Waals surface area contributed by atoms with Crippen molar-refractivity contribution in [1.29, 1.82) is 0 Å². The van der Waals surface area contributed by atoms with Gasteiger partial charge < -0.3 is 0 Å². The molecule has 1 aromatic rings. The van der Waals surface area contributed by atoms with Crippen molar-refractivity contribution in [2.45, 2.75) is 26.2 Å². The molecule has 82 valence electrons. The smallest absolute Gasteiger partial charge is 0.0712 e. The summed E-state index contributed by atoms with van der Waals surface area (Å²) in [5, 5.41) is 0. The highest BCUT2D eigenvalue weighted by molar-refractivity contribution is 6.55. The van der Waals surface area contributed by atoms with Crippen molar-refractivity contribution >= 4 is 23.2 Å². The molecular weight excluding hydrogens is 227 g/mol. The summed E-state index contributed by atoms with van der Waals surface area (Å²) < 4.78 is 0.339. The lowest BCUT2D eigenvalue weighted by Crippen LogP contribution is -2.25. The van der Waals surface area contributed by atoms with Crippen LogP contribution in [0.4, 0.5) is 0 Å². The SMILES string of the molecule is CC(C=C(Cl)Cl)C(C)(C)c1ccccc1. The van der Waals surface area contributed by atoms with Crippen molar-refractivity contribution in [3.05, 3.63) is 46.5 Å². The number of halogens is 2. The van der Waals surface area contributed by atoms with Gasteiger partial charge in [-0.25, -0.2) is 0 Å². The van der Waals surface area contributed by atoms with E-state index in [0.717, 1.165) is 0 Å². The molecule has 15 heavy (non-hydrogen) atoms. The molecule has 0 saturated carbocycles. The molecule has 0 saturated heterocycles. The van der Waals surface area contributed by atoms with Crippen LogP contribution in [0.25, 0.3) is 0 Å². The van der Waals surface area contributed by atoms with Gasteiger partial charge in [-0.3, -0.25) is 0 Å². The second-order valence-corrected chi connectivity index (χ2v) is 5.34. The Kier molecular flexibility index (Phi) is 4.24. The highest BCUT2D eigenvalue weighted by Crippen LogP contribution is 2.33. The Balaban J connectivity index is 2.97. The molecule has 0 aliphatic heterocycles. The van der Waals surface area contributed by atoms with Crippen LogP contribution in [0.5, 0.6) is 0 Å². The van der Waals surface area contributed by atoms with Crippen molar-refractivity contribution in [1.82, 2.24) is 0 Å². The van der Waals surface area contributed by atoms with Gasteiger partial charge in [0.25, 0.3) is 0 Å². The van der Waals surface area contributed by atoms with E-state index in [1.165, 1.54) is 5.56 Å². The van der Waals surface area contributed by atoms with Crippen LogP contribution in [0.3, 0.4) is 0 Å². The first-order valence-electron chi connectivity index (χ1n) is 5.03. The van der Waals surface area contributed by atoms with E-state index in [1.807, 2.05) is 12.1 Å². The number of benzene rings is 1. The largest absolute Gasteiger partial charge is 0.103 e. The Hall–Kier alpha value is -0.460. The van der Waals surface area contributed by atoms with E-state index in [4.69, 9.17) is 23.2 Å². The lowest BCUT2D eigenvalue weighted by molar-refractivity contribution is 0.409. The van der Waals surface area contributed by atoms with E-state index in [-0.39, 0.29) is 5.41 Å². The lowest BCUT2D eigenvalue weighted by atomic mass is 9.74. The predicted octanol–water partition coefficient (Wildman–Crippen LogP) is 4.92. The number of hydrogen-bond donors (Lipinski definition) is 0. The Morgan fingerprint density at radius 2 is 1.73 bits per heavy atom. The van der Waals surface area contributed by atoms with Gasteiger partial charge in [0.2, 0.25) is 0 Å². The molecule has 0 spiro atoms. The topological polar surface area (TPSA) is 0 Å². The molecule has 0 nitrogen and oxygen atoms in total. The minimum atomic E-state index is 0.0380. The molecule has 0 aliphatic carbocycles. The number of rotatable bonds is 3. The Labute approximate surface area is 102 Å². The van der Waals surface area contributed by atoms with Crippen molar-refractivity contribution in [3.8, 4) is 0 Å². The molecule has 1 aromatic carbocycles. The molecule has 0 bridgehead atoms.